The second-order valence-electron chi connectivity index (χ2n) is 7.41. The number of pyridine rings is 1. The van der Waals surface area contributed by atoms with Gasteiger partial charge in [0.1, 0.15) is 11.6 Å². The maximum Gasteiger partial charge on any atom is 0.328 e. The van der Waals surface area contributed by atoms with E-state index in [1.807, 2.05) is 13.8 Å². The number of carbonyl (C=O) groups excluding carboxylic acids is 2. The highest BCUT2D eigenvalue weighted by molar-refractivity contribution is 5.96. The molecule has 1 aromatic heterocycles. The third-order valence-electron chi connectivity index (χ3n) is 5.53. The fourth-order valence-electron chi connectivity index (χ4n) is 3.61. The lowest BCUT2D eigenvalue weighted by Gasteiger charge is -2.24. The van der Waals surface area contributed by atoms with Crippen LogP contribution >= 0.6 is 0 Å². The molecule has 1 heterocycles. The van der Waals surface area contributed by atoms with E-state index in [4.69, 9.17) is 4.74 Å². The maximum absolute atomic E-state index is 13.0. The average Bonchev–Trinajstić information content (AvgIpc) is 2.69. The molecule has 150 valence electrons. The number of ether oxygens (including phenoxy) is 1. The third kappa shape index (κ3) is 4.79. The number of carbonyl (C=O) groups is 2. The number of rotatable bonds is 8. The molecular formula is C21H32N2O4. The van der Waals surface area contributed by atoms with Gasteiger partial charge in [-0.3, -0.25) is 9.59 Å². The number of nitrogens with zero attached hydrogens (tertiary/aromatic N) is 1. The van der Waals surface area contributed by atoms with Crippen molar-refractivity contribution in [2.75, 3.05) is 7.11 Å². The molecule has 0 saturated carbocycles. The van der Waals surface area contributed by atoms with E-state index >= 15 is 0 Å². The van der Waals surface area contributed by atoms with Crippen LogP contribution in [0.5, 0.6) is 0 Å². The number of aryl methyl sites for hydroxylation is 1. The molecule has 1 N–H and O–H groups in total. The van der Waals surface area contributed by atoms with E-state index in [1.54, 1.807) is 10.6 Å². The Morgan fingerprint density at radius 1 is 1.26 bits per heavy atom. The molecule has 0 bridgehead atoms. The molecule has 0 radical (unpaired) electrons. The summed E-state index contributed by atoms with van der Waals surface area (Å²) in [5.41, 5.74) is 2.03. The van der Waals surface area contributed by atoms with Crippen LogP contribution in [0, 0.1) is 5.92 Å². The van der Waals surface area contributed by atoms with E-state index < -0.39 is 17.9 Å². The van der Waals surface area contributed by atoms with Crippen LogP contribution in [0.2, 0.25) is 0 Å². The van der Waals surface area contributed by atoms with Crippen molar-refractivity contribution in [3.8, 4) is 0 Å². The number of hydrogen-bond donors (Lipinski definition) is 1. The molecule has 1 aliphatic rings. The molecule has 1 aliphatic carbocycles. The molecule has 0 fully saturated rings. The smallest absolute Gasteiger partial charge is 0.328 e. The Balaban J connectivity index is 2.40. The number of fused-ring (bicyclic) bond motifs is 1. The summed E-state index contributed by atoms with van der Waals surface area (Å²) in [6, 6.07) is 0.978. The summed E-state index contributed by atoms with van der Waals surface area (Å²) >= 11 is 0. The molecule has 0 saturated heterocycles. The van der Waals surface area contributed by atoms with E-state index in [0.29, 0.717) is 13.0 Å². The van der Waals surface area contributed by atoms with E-state index in [1.165, 1.54) is 7.11 Å². The molecule has 2 rings (SSSR count). The highest BCUT2D eigenvalue weighted by Gasteiger charge is 2.29. The summed E-state index contributed by atoms with van der Waals surface area (Å²) in [4.78, 5) is 38.0. The normalized spacial score (nSPS) is 15.6. The van der Waals surface area contributed by atoms with Crippen molar-refractivity contribution in [1.29, 1.82) is 0 Å². The van der Waals surface area contributed by atoms with Crippen molar-refractivity contribution >= 4 is 11.9 Å². The Morgan fingerprint density at radius 2 is 1.96 bits per heavy atom. The van der Waals surface area contributed by atoms with Crippen LogP contribution in [0.25, 0.3) is 0 Å². The Labute approximate surface area is 161 Å². The zero-order chi connectivity index (χ0) is 20.0. The van der Waals surface area contributed by atoms with E-state index in [2.05, 4.69) is 12.2 Å². The lowest BCUT2D eigenvalue weighted by molar-refractivity contribution is -0.144. The fraction of sp³-hybridized carbons (Fsp3) is 0.667. The first-order chi connectivity index (χ1) is 12.9. The van der Waals surface area contributed by atoms with Crippen LogP contribution in [0.1, 0.15) is 74.5 Å². The lowest BCUT2D eigenvalue weighted by atomic mass is 9.93. The molecule has 0 aromatic carbocycles. The molecule has 1 amide bonds. The topological polar surface area (TPSA) is 77.4 Å². The van der Waals surface area contributed by atoms with Crippen molar-refractivity contribution in [2.24, 2.45) is 5.92 Å². The first kappa shape index (κ1) is 21.2. The van der Waals surface area contributed by atoms with Gasteiger partial charge < -0.3 is 14.6 Å². The minimum Gasteiger partial charge on any atom is -0.467 e. The summed E-state index contributed by atoms with van der Waals surface area (Å²) in [6.45, 7) is 6.55. The monoisotopic (exact) mass is 376 g/mol. The SMILES string of the molecule is CCCCn1c2c(cc(C(=O)N[C@H](C(=O)OC)[C@H](C)CC)c1=O)CCCC2. The molecule has 0 unspecified atom stereocenters. The highest BCUT2D eigenvalue weighted by atomic mass is 16.5. The number of methoxy groups -OCH3 is 1. The van der Waals surface area contributed by atoms with Crippen molar-refractivity contribution in [3.63, 3.8) is 0 Å². The van der Waals surface area contributed by atoms with Gasteiger partial charge in [0.25, 0.3) is 11.5 Å². The van der Waals surface area contributed by atoms with Crippen molar-refractivity contribution in [3.05, 3.63) is 33.2 Å². The van der Waals surface area contributed by atoms with Gasteiger partial charge in [0, 0.05) is 12.2 Å². The van der Waals surface area contributed by atoms with Crippen molar-refractivity contribution in [2.45, 2.75) is 78.3 Å². The number of nitrogens with one attached hydrogen (secondary N) is 1. The average molecular weight is 376 g/mol. The predicted molar refractivity (Wildman–Crippen MR) is 105 cm³/mol. The highest BCUT2D eigenvalue weighted by Crippen LogP contribution is 2.21. The number of esters is 1. The maximum atomic E-state index is 13.0. The first-order valence-corrected chi connectivity index (χ1v) is 10.1. The molecule has 27 heavy (non-hydrogen) atoms. The first-order valence-electron chi connectivity index (χ1n) is 10.1. The van der Waals surface area contributed by atoms with Gasteiger partial charge in [-0.1, -0.05) is 33.6 Å². The van der Waals surface area contributed by atoms with Crippen LogP contribution in [-0.4, -0.2) is 29.6 Å². The van der Waals surface area contributed by atoms with Crippen LogP contribution < -0.4 is 10.9 Å². The fourth-order valence-corrected chi connectivity index (χ4v) is 3.61. The molecule has 0 spiro atoms. The molecule has 0 aliphatic heterocycles. The number of hydrogen-bond acceptors (Lipinski definition) is 4. The van der Waals surface area contributed by atoms with Gasteiger partial charge in [0.15, 0.2) is 0 Å². The lowest BCUT2D eigenvalue weighted by Crippen LogP contribution is -2.47. The Bertz CT molecular complexity index is 738. The summed E-state index contributed by atoms with van der Waals surface area (Å²) in [5.74, 6) is -1.06. The van der Waals surface area contributed by atoms with Gasteiger partial charge >= 0.3 is 5.97 Å². The number of unbranched alkanes of at least 4 members (excludes halogenated alkanes) is 1. The Morgan fingerprint density at radius 3 is 2.59 bits per heavy atom. The van der Waals surface area contributed by atoms with E-state index in [9.17, 15) is 14.4 Å². The van der Waals surface area contributed by atoms with Crippen molar-refractivity contribution < 1.29 is 14.3 Å². The van der Waals surface area contributed by atoms with Gasteiger partial charge in [-0.2, -0.15) is 0 Å². The molecule has 6 heteroatoms. The summed E-state index contributed by atoms with van der Waals surface area (Å²) in [5, 5.41) is 2.74. The standard InChI is InChI=1S/C21H32N2O4/c1-5-7-12-23-17-11-9-8-10-15(17)13-16(20(23)25)19(24)22-18(14(3)6-2)21(26)27-4/h13-14,18H,5-12H2,1-4H3,(H,22,24)/t14-,18+/m1/s1. The van der Waals surface area contributed by atoms with Gasteiger partial charge in [-0.15, -0.1) is 0 Å². The third-order valence-corrected chi connectivity index (χ3v) is 5.53. The quantitative estimate of drug-likeness (QED) is 0.708. The van der Waals surface area contributed by atoms with Gasteiger partial charge in [0.05, 0.1) is 7.11 Å². The summed E-state index contributed by atoms with van der Waals surface area (Å²) in [6.07, 6.45) is 6.50. The van der Waals surface area contributed by atoms with Crippen LogP contribution in [0.15, 0.2) is 10.9 Å². The molecule has 2 atom stereocenters. The van der Waals surface area contributed by atoms with Crippen LogP contribution in [0.4, 0.5) is 0 Å². The van der Waals surface area contributed by atoms with Gasteiger partial charge in [-0.05, 0) is 49.7 Å². The Hall–Kier alpha value is -2.11. The molecular weight excluding hydrogens is 344 g/mol. The summed E-state index contributed by atoms with van der Waals surface area (Å²) in [7, 11) is 1.31. The van der Waals surface area contributed by atoms with Crippen LogP contribution in [0.3, 0.4) is 0 Å². The second-order valence-corrected chi connectivity index (χ2v) is 7.41. The second kappa shape index (κ2) is 9.72. The minimum atomic E-state index is -0.757. The zero-order valence-corrected chi connectivity index (χ0v) is 17.0. The predicted octanol–water partition coefficient (Wildman–Crippen LogP) is 2.84. The minimum absolute atomic E-state index is 0.0821. The number of amides is 1. The zero-order valence-electron chi connectivity index (χ0n) is 17.0. The van der Waals surface area contributed by atoms with E-state index in [0.717, 1.165) is 49.8 Å². The van der Waals surface area contributed by atoms with Gasteiger partial charge in [0.2, 0.25) is 0 Å². The largest absolute Gasteiger partial charge is 0.467 e. The van der Waals surface area contributed by atoms with E-state index in [-0.39, 0.29) is 17.0 Å². The van der Waals surface area contributed by atoms with Crippen molar-refractivity contribution in [1.82, 2.24) is 9.88 Å². The molecule has 1 aromatic rings. The summed E-state index contributed by atoms with van der Waals surface area (Å²) < 4.78 is 6.61. The van der Waals surface area contributed by atoms with Gasteiger partial charge in [-0.25, -0.2) is 4.79 Å². The molecule has 6 nitrogen and oxygen atoms in total. The number of aromatic nitrogens is 1. The van der Waals surface area contributed by atoms with Crippen LogP contribution in [-0.2, 0) is 28.9 Å². The Kier molecular flexibility index (Phi) is 7.63.